The van der Waals surface area contributed by atoms with Crippen LogP contribution in [0, 0.1) is 0 Å². The van der Waals surface area contributed by atoms with E-state index in [-0.39, 0.29) is 30.5 Å². The zero-order chi connectivity index (χ0) is 16.6. The Kier molecular flexibility index (Phi) is 5.52. The first-order valence-electron chi connectivity index (χ1n) is 7.63. The molecule has 0 heterocycles. The molecule has 0 bridgehead atoms. The number of rotatable bonds is 5. The van der Waals surface area contributed by atoms with Crippen molar-refractivity contribution in [3.63, 3.8) is 0 Å². The van der Waals surface area contributed by atoms with E-state index < -0.39 is 15.9 Å². The van der Waals surface area contributed by atoms with Crippen LogP contribution in [0.5, 0.6) is 0 Å². The number of nitrogens with two attached hydrogens (primary N) is 1. The van der Waals surface area contributed by atoms with Gasteiger partial charge in [0.15, 0.2) is 0 Å². The molecule has 2 aromatic carbocycles. The van der Waals surface area contributed by atoms with E-state index in [0.717, 1.165) is 30.2 Å². The number of hydrogen-bond acceptors (Lipinski definition) is 4. The zero-order valence-electron chi connectivity index (χ0n) is 13.4. The number of halogens is 1. The zero-order valence-corrected chi connectivity index (χ0v) is 15.0. The van der Waals surface area contributed by atoms with Gasteiger partial charge >= 0.3 is 0 Å². The third-order valence-corrected chi connectivity index (χ3v) is 5.25. The summed E-state index contributed by atoms with van der Waals surface area (Å²) in [6, 6.07) is 9.19. The molecule has 0 fully saturated rings. The van der Waals surface area contributed by atoms with E-state index in [1.807, 2.05) is 24.3 Å². The van der Waals surface area contributed by atoms with Gasteiger partial charge < -0.3 is 11.1 Å². The van der Waals surface area contributed by atoms with Gasteiger partial charge in [0, 0.05) is 17.3 Å². The van der Waals surface area contributed by atoms with Gasteiger partial charge in [-0.2, -0.15) is 0 Å². The Morgan fingerprint density at radius 1 is 1.21 bits per heavy atom. The van der Waals surface area contributed by atoms with Crippen LogP contribution in [0.4, 0.5) is 5.69 Å². The molecule has 0 aliphatic heterocycles. The number of nitrogens with one attached hydrogen (secondary N) is 1. The second-order valence-electron chi connectivity index (χ2n) is 6.13. The van der Waals surface area contributed by atoms with Crippen LogP contribution in [-0.2, 0) is 27.5 Å². The quantitative estimate of drug-likeness (QED) is 0.845. The average molecular weight is 369 g/mol. The Morgan fingerprint density at radius 3 is 2.54 bits per heavy atom. The molecule has 1 amide bonds. The molecule has 5 nitrogen and oxygen atoms in total. The molecule has 2 aromatic rings. The molecule has 1 aliphatic rings. The maximum atomic E-state index is 12.2. The number of carbonyl (C=O) groups excluding carboxylic acids is 1. The van der Waals surface area contributed by atoms with Crippen LogP contribution in [0.2, 0.25) is 0 Å². The fourth-order valence-corrected chi connectivity index (χ4v) is 3.74. The van der Waals surface area contributed by atoms with E-state index in [0.29, 0.717) is 0 Å². The summed E-state index contributed by atoms with van der Waals surface area (Å²) in [4.78, 5) is 12.2. The molecule has 0 spiro atoms. The summed E-state index contributed by atoms with van der Waals surface area (Å²) in [6.07, 6.45) is 3.31. The van der Waals surface area contributed by atoms with Crippen molar-refractivity contribution >= 4 is 44.6 Å². The van der Waals surface area contributed by atoms with Gasteiger partial charge in [0.1, 0.15) is 9.84 Å². The molecule has 3 rings (SSSR count). The lowest BCUT2D eigenvalue weighted by Gasteiger charge is -2.14. The maximum absolute atomic E-state index is 12.2. The second-order valence-corrected chi connectivity index (χ2v) is 8.39. The predicted molar refractivity (Wildman–Crippen MR) is 99.5 cm³/mol. The predicted octanol–water partition coefficient (Wildman–Crippen LogP) is 2.06. The number of anilines is 1. The van der Waals surface area contributed by atoms with Crippen LogP contribution in [0.3, 0.4) is 0 Å². The lowest BCUT2D eigenvalue weighted by molar-refractivity contribution is -0.117. The second kappa shape index (κ2) is 7.09. The van der Waals surface area contributed by atoms with Gasteiger partial charge in [0.25, 0.3) is 0 Å². The molecule has 1 aliphatic carbocycles. The average Bonchev–Trinajstić information content (AvgIpc) is 2.92. The van der Waals surface area contributed by atoms with Crippen LogP contribution >= 0.6 is 12.4 Å². The lowest BCUT2D eigenvalue weighted by Crippen LogP contribution is -2.37. The summed E-state index contributed by atoms with van der Waals surface area (Å²) >= 11 is 0. The first kappa shape index (κ1) is 18.7. The molecule has 1 atom stereocenters. The molecule has 0 saturated carbocycles. The minimum Gasteiger partial charge on any atom is -0.324 e. The molecule has 0 aromatic heterocycles. The van der Waals surface area contributed by atoms with E-state index in [1.165, 1.54) is 16.5 Å². The standard InChI is InChI=1S/C17H20N2O3S.ClH/c1-23(21,22)10-9-14(18)17(20)19-15-8-7-12-6-5-11-3-2-4-13(15)16(11)12;/h2-4,7-8,14H,5-6,9-10,18H2,1H3,(H,19,20);1H. The number of sulfone groups is 1. The van der Waals surface area contributed by atoms with Gasteiger partial charge in [-0.05, 0) is 41.8 Å². The Bertz CT molecular complexity index is 871. The molecule has 0 saturated heterocycles. The molecule has 0 radical (unpaired) electrons. The van der Waals surface area contributed by atoms with Crippen molar-refractivity contribution in [2.75, 3.05) is 17.3 Å². The van der Waals surface area contributed by atoms with Crippen molar-refractivity contribution in [2.45, 2.75) is 25.3 Å². The Balaban J connectivity index is 0.00000208. The highest BCUT2D eigenvalue weighted by Crippen LogP contribution is 2.34. The summed E-state index contributed by atoms with van der Waals surface area (Å²) in [5.74, 6) is -0.446. The third kappa shape index (κ3) is 3.88. The van der Waals surface area contributed by atoms with Gasteiger partial charge in [-0.1, -0.05) is 24.3 Å². The topological polar surface area (TPSA) is 89.3 Å². The van der Waals surface area contributed by atoms with E-state index in [2.05, 4.69) is 11.4 Å². The van der Waals surface area contributed by atoms with Crippen LogP contribution in [-0.4, -0.2) is 32.4 Å². The maximum Gasteiger partial charge on any atom is 0.241 e. The molecule has 3 N–H and O–H groups in total. The number of hydrogen-bond donors (Lipinski definition) is 2. The molecule has 7 heteroatoms. The monoisotopic (exact) mass is 368 g/mol. The van der Waals surface area contributed by atoms with Crippen molar-refractivity contribution in [3.8, 4) is 0 Å². The highest BCUT2D eigenvalue weighted by molar-refractivity contribution is 7.90. The fraction of sp³-hybridized carbons (Fsp3) is 0.353. The molecule has 24 heavy (non-hydrogen) atoms. The minimum absolute atomic E-state index is 0. The van der Waals surface area contributed by atoms with Gasteiger partial charge in [-0.15, -0.1) is 12.4 Å². The fourth-order valence-electron chi connectivity index (χ4n) is 3.05. The largest absolute Gasteiger partial charge is 0.324 e. The summed E-state index contributed by atoms with van der Waals surface area (Å²) in [5, 5.41) is 5.08. The van der Waals surface area contributed by atoms with Crippen LogP contribution in [0.1, 0.15) is 17.5 Å². The molecule has 1 unspecified atom stereocenters. The van der Waals surface area contributed by atoms with Gasteiger partial charge in [-0.3, -0.25) is 4.79 Å². The highest BCUT2D eigenvalue weighted by Gasteiger charge is 2.19. The number of carbonyl (C=O) groups is 1. The Hall–Kier alpha value is -1.63. The van der Waals surface area contributed by atoms with Crippen molar-refractivity contribution in [2.24, 2.45) is 5.73 Å². The Labute approximate surface area is 147 Å². The van der Waals surface area contributed by atoms with Gasteiger partial charge in [0.2, 0.25) is 5.91 Å². The highest BCUT2D eigenvalue weighted by atomic mass is 35.5. The third-order valence-electron chi connectivity index (χ3n) is 4.27. The van der Waals surface area contributed by atoms with E-state index in [9.17, 15) is 13.2 Å². The van der Waals surface area contributed by atoms with Crippen molar-refractivity contribution < 1.29 is 13.2 Å². The van der Waals surface area contributed by atoms with Gasteiger partial charge in [-0.25, -0.2) is 8.42 Å². The van der Waals surface area contributed by atoms with Gasteiger partial charge in [0.05, 0.1) is 11.8 Å². The molecular formula is C17H21ClN2O3S. The number of amides is 1. The van der Waals surface area contributed by atoms with Crippen LogP contribution < -0.4 is 11.1 Å². The van der Waals surface area contributed by atoms with E-state index in [4.69, 9.17) is 5.73 Å². The van der Waals surface area contributed by atoms with E-state index in [1.54, 1.807) is 0 Å². The minimum atomic E-state index is -3.12. The van der Waals surface area contributed by atoms with E-state index >= 15 is 0 Å². The first-order chi connectivity index (χ1) is 10.8. The summed E-state index contributed by atoms with van der Waals surface area (Å²) < 4.78 is 22.4. The van der Waals surface area contributed by atoms with Crippen molar-refractivity contribution in [1.82, 2.24) is 0 Å². The normalized spacial score (nSPS) is 14.2. The first-order valence-corrected chi connectivity index (χ1v) is 9.69. The number of aryl methyl sites for hydroxylation is 2. The molecular weight excluding hydrogens is 348 g/mol. The summed E-state index contributed by atoms with van der Waals surface area (Å²) in [5.41, 5.74) is 9.14. The van der Waals surface area contributed by atoms with Crippen molar-refractivity contribution in [3.05, 3.63) is 41.5 Å². The summed E-state index contributed by atoms with van der Waals surface area (Å²) in [6.45, 7) is 0. The SMILES string of the molecule is CS(=O)(=O)CCC(N)C(=O)Nc1ccc2c3c(cccc13)CC2.Cl. The molecule has 130 valence electrons. The number of benzene rings is 2. The van der Waals surface area contributed by atoms with Crippen LogP contribution in [0.25, 0.3) is 10.8 Å². The summed E-state index contributed by atoms with van der Waals surface area (Å²) in [7, 11) is -3.12. The lowest BCUT2D eigenvalue weighted by atomic mass is 10.0. The van der Waals surface area contributed by atoms with Crippen LogP contribution in [0.15, 0.2) is 30.3 Å². The van der Waals surface area contributed by atoms with Crippen molar-refractivity contribution in [1.29, 1.82) is 0 Å². The smallest absolute Gasteiger partial charge is 0.241 e. The Morgan fingerprint density at radius 2 is 1.88 bits per heavy atom.